The van der Waals surface area contributed by atoms with Gasteiger partial charge in [-0.15, -0.1) is 11.3 Å². The third-order valence-electron chi connectivity index (χ3n) is 2.76. The smallest absolute Gasteiger partial charge is 0.137 e. The summed E-state index contributed by atoms with van der Waals surface area (Å²) in [6.07, 6.45) is 0.846. The number of hydrogen-bond acceptors (Lipinski definition) is 4. The standard InChI is InChI=1S/C13H15ClN2OS/c1-17-13-7-9(4-5-11(13)14)12(16-15)8-10-3-2-6-18-10/h2-7,12,16H,8,15H2,1H3. The minimum atomic E-state index is 0.0508. The van der Waals surface area contributed by atoms with E-state index in [-0.39, 0.29) is 6.04 Å². The van der Waals surface area contributed by atoms with Crippen LogP contribution in [-0.4, -0.2) is 7.11 Å². The van der Waals surface area contributed by atoms with Crippen molar-refractivity contribution in [2.75, 3.05) is 7.11 Å². The lowest BCUT2D eigenvalue weighted by Gasteiger charge is -2.16. The Morgan fingerprint density at radius 2 is 2.28 bits per heavy atom. The first kappa shape index (κ1) is 13.4. The lowest BCUT2D eigenvalue weighted by molar-refractivity contribution is 0.413. The van der Waals surface area contributed by atoms with Gasteiger partial charge in [0.25, 0.3) is 0 Å². The Bertz CT molecular complexity index is 502. The second kappa shape index (κ2) is 6.20. The molecule has 2 aromatic rings. The molecule has 0 aliphatic carbocycles. The predicted octanol–water partition coefficient (Wildman–Crippen LogP) is 3.16. The van der Waals surface area contributed by atoms with Crippen LogP contribution in [0.25, 0.3) is 0 Å². The van der Waals surface area contributed by atoms with Crippen LogP contribution >= 0.6 is 22.9 Å². The summed E-state index contributed by atoms with van der Waals surface area (Å²) in [5.41, 5.74) is 3.90. The van der Waals surface area contributed by atoms with Crippen LogP contribution in [0, 0.1) is 0 Å². The van der Waals surface area contributed by atoms with Crippen LogP contribution in [0.5, 0.6) is 5.75 Å². The number of thiophene rings is 1. The Kier molecular flexibility index (Phi) is 4.60. The molecule has 3 nitrogen and oxygen atoms in total. The fourth-order valence-corrected chi connectivity index (χ4v) is 2.74. The summed E-state index contributed by atoms with van der Waals surface area (Å²) < 4.78 is 5.22. The third-order valence-corrected chi connectivity index (χ3v) is 3.98. The van der Waals surface area contributed by atoms with Gasteiger partial charge in [-0.25, -0.2) is 0 Å². The van der Waals surface area contributed by atoms with Gasteiger partial charge in [0.05, 0.1) is 18.2 Å². The summed E-state index contributed by atoms with van der Waals surface area (Å²) in [4.78, 5) is 1.28. The molecular weight excluding hydrogens is 268 g/mol. The minimum Gasteiger partial charge on any atom is -0.495 e. The number of rotatable bonds is 5. The van der Waals surface area contributed by atoms with Gasteiger partial charge in [0, 0.05) is 11.3 Å². The largest absolute Gasteiger partial charge is 0.495 e. The van der Waals surface area contributed by atoms with E-state index in [0.717, 1.165) is 12.0 Å². The van der Waals surface area contributed by atoms with Gasteiger partial charge < -0.3 is 4.74 Å². The third kappa shape index (κ3) is 3.03. The Balaban J connectivity index is 2.21. The summed E-state index contributed by atoms with van der Waals surface area (Å²) in [7, 11) is 1.61. The molecule has 18 heavy (non-hydrogen) atoms. The van der Waals surface area contributed by atoms with Crippen LogP contribution in [0.3, 0.4) is 0 Å². The van der Waals surface area contributed by atoms with Crippen molar-refractivity contribution in [3.63, 3.8) is 0 Å². The second-order valence-electron chi connectivity index (χ2n) is 3.90. The number of ether oxygens (including phenoxy) is 1. The van der Waals surface area contributed by atoms with Gasteiger partial charge in [0.2, 0.25) is 0 Å². The molecule has 0 radical (unpaired) electrons. The van der Waals surface area contributed by atoms with Crippen LogP contribution in [0.15, 0.2) is 35.7 Å². The molecular formula is C13H15ClN2OS. The van der Waals surface area contributed by atoms with E-state index < -0.39 is 0 Å². The molecule has 0 aliphatic heterocycles. The lowest BCUT2D eigenvalue weighted by atomic mass is 10.0. The van der Waals surface area contributed by atoms with Gasteiger partial charge in [-0.2, -0.15) is 0 Å². The average molecular weight is 283 g/mol. The molecule has 0 spiro atoms. The summed E-state index contributed by atoms with van der Waals surface area (Å²) in [6.45, 7) is 0. The topological polar surface area (TPSA) is 47.3 Å². The molecule has 0 amide bonds. The van der Waals surface area contributed by atoms with Crippen LogP contribution in [-0.2, 0) is 6.42 Å². The highest BCUT2D eigenvalue weighted by Gasteiger charge is 2.13. The van der Waals surface area contributed by atoms with E-state index in [1.807, 2.05) is 24.3 Å². The lowest BCUT2D eigenvalue weighted by Crippen LogP contribution is -2.29. The van der Waals surface area contributed by atoms with E-state index in [1.54, 1.807) is 18.4 Å². The highest BCUT2D eigenvalue weighted by molar-refractivity contribution is 7.09. The zero-order valence-corrected chi connectivity index (χ0v) is 11.6. The van der Waals surface area contributed by atoms with Crippen LogP contribution in [0.4, 0.5) is 0 Å². The summed E-state index contributed by atoms with van der Waals surface area (Å²) in [5, 5.41) is 2.67. The van der Waals surface area contributed by atoms with E-state index in [4.69, 9.17) is 22.2 Å². The Hall–Kier alpha value is -1.07. The van der Waals surface area contributed by atoms with Gasteiger partial charge in [-0.05, 0) is 29.1 Å². The van der Waals surface area contributed by atoms with Crippen LogP contribution in [0.1, 0.15) is 16.5 Å². The van der Waals surface area contributed by atoms with Crippen molar-refractivity contribution in [1.29, 1.82) is 0 Å². The Labute approximate surface area is 116 Å². The normalized spacial score (nSPS) is 12.4. The molecule has 1 heterocycles. The number of methoxy groups -OCH3 is 1. The molecule has 1 aromatic carbocycles. The maximum atomic E-state index is 6.01. The number of hydrogen-bond donors (Lipinski definition) is 2. The molecule has 0 bridgehead atoms. The van der Waals surface area contributed by atoms with Crippen LogP contribution < -0.4 is 16.0 Å². The van der Waals surface area contributed by atoms with E-state index in [0.29, 0.717) is 10.8 Å². The fraction of sp³-hybridized carbons (Fsp3) is 0.231. The molecule has 0 saturated heterocycles. The van der Waals surface area contributed by atoms with E-state index in [1.165, 1.54) is 4.88 Å². The van der Waals surface area contributed by atoms with Gasteiger partial charge in [0.15, 0.2) is 0 Å². The first-order valence-electron chi connectivity index (χ1n) is 5.56. The van der Waals surface area contributed by atoms with Crippen molar-refractivity contribution in [3.05, 3.63) is 51.2 Å². The Morgan fingerprint density at radius 1 is 1.44 bits per heavy atom. The summed E-state index contributed by atoms with van der Waals surface area (Å²) in [5.74, 6) is 6.30. The van der Waals surface area contributed by atoms with Gasteiger partial charge >= 0.3 is 0 Å². The highest BCUT2D eigenvalue weighted by Crippen LogP contribution is 2.29. The van der Waals surface area contributed by atoms with Crippen molar-refractivity contribution in [2.24, 2.45) is 5.84 Å². The number of benzene rings is 1. The number of nitrogens with one attached hydrogen (secondary N) is 1. The first-order valence-corrected chi connectivity index (χ1v) is 6.82. The van der Waals surface area contributed by atoms with Crippen LogP contribution in [0.2, 0.25) is 5.02 Å². The van der Waals surface area contributed by atoms with Gasteiger partial charge in [-0.1, -0.05) is 23.7 Å². The molecule has 0 aliphatic rings. The number of hydrazine groups is 1. The highest BCUT2D eigenvalue weighted by atomic mass is 35.5. The fourth-order valence-electron chi connectivity index (χ4n) is 1.80. The van der Waals surface area contributed by atoms with Crippen molar-refractivity contribution in [2.45, 2.75) is 12.5 Å². The molecule has 1 atom stereocenters. The molecule has 0 saturated carbocycles. The predicted molar refractivity (Wildman–Crippen MR) is 76.1 cm³/mol. The number of nitrogens with two attached hydrogens (primary N) is 1. The minimum absolute atomic E-state index is 0.0508. The molecule has 96 valence electrons. The van der Waals surface area contributed by atoms with Crippen molar-refractivity contribution >= 4 is 22.9 Å². The molecule has 2 rings (SSSR count). The zero-order valence-electron chi connectivity index (χ0n) is 10.0. The van der Waals surface area contributed by atoms with Crippen molar-refractivity contribution in [3.8, 4) is 5.75 Å². The molecule has 3 N–H and O–H groups in total. The van der Waals surface area contributed by atoms with Crippen molar-refractivity contribution in [1.82, 2.24) is 5.43 Å². The van der Waals surface area contributed by atoms with Gasteiger partial charge in [0.1, 0.15) is 5.75 Å². The van der Waals surface area contributed by atoms with E-state index in [9.17, 15) is 0 Å². The first-order chi connectivity index (χ1) is 8.74. The SMILES string of the molecule is COc1cc(C(Cc2cccs2)NN)ccc1Cl. The maximum absolute atomic E-state index is 6.01. The van der Waals surface area contributed by atoms with Crippen molar-refractivity contribution < 1.29 is 4.74 Å². The zero-order chi connectivity index (χ0) is 13.0. The Morgan fingerprint density at radius 3 is 2.89 bits per heavy atom. The molecule has 5 heteroatoms. The monoisotopic (exact) mass is 282 g/mol. The summed E-state index contributed by atoms with van der Waals surface area (Å²) >= 11 is 7.73. The number of halogens is 1. The quantitative estimate of drug-likeness (QED) is 0.654. The van der Waals surface area contributed by atoms with Gasteiger partial charge in [-0.3, -0.25) is 11.3 Å². The second-order valence-corrected chi connectivity index (χ2v) is 5.34. The van der Waals surface area contributed by atoms with E-state index >= 15 is 0 Å². The summed E-state index contributed by atoms with van der Waals surface area (Å²) in [6, 6.07) is 9.89. The maximum Gasteiger partial charge on any atom is 0.137 e. The average Bonchev–Trinajstić information content (AvgIpc) is 2.89. The molecule has 0 fully saturated rings. The molecule has 1 unspecified atom stereocenters. The molecule has 1 aromatic heterocycles. The van der Waals surface area contributed by atoms with E-state index in [2.05, 4.69) is 16.9 Å².